The maximum atomic E-state index is 12.5. The van der Waals surface area contributed by atoms with Gasteiger partial charge in [-0.25, -0.2) is 0 Å². The van der Waals surface area contributed by atoms with Gasteiger partial charge in [-0.3, -0.25) is 14.6 Å². The van der Waals surface area contributed by atoms with Crippen LogP contribution in [0.5, 0.6) is 11.5 Å². The Hall–Kier alpha value is -2.57. The molecule has 1 atom stereocenters. The number of rotatable bonds is 5. The van der Waals surface area contributed by atoms with E-state index >= 15 is 0 Å². The molecule has 0 unspecified atom stereocenters. The zero-order valence-electron chi connectivity index (χ0n) is 15.6. The predicted octanol–water partition coefficient (Wildman–Crippen LogP) is 2.56. The molecule has 0 saturated carbocycles. The van der Waals surface area contributed by atoms with E-state index in [-0.39, 0.29) is 11.9 Å². The van der Waals surface area contributed by atoms with Crippen LogP contribution < -0.4 is 14.8 Å². The van der Waals surface area contributed by atoms with Crippen molar-refractivity contribution >= 4 is 11.6 Å². The molecule has 0 bridgehead atoms. The summed E-state index contributed by atoms with van der Waals surface area (Å²) in [5.74, 6) is 1.70. The fraction of sp³-hybridized carbons (Fsp3) is 0.381. The number of amides is 1. The van der Waals surface area contributed by atoms with Crippen LogP contribution in [0, 0.1) is 0 Å². The van der Waals surface area contributed by atoms with Gasteiger partial charge in [0.2, 0.25) is 12.7 Å². The Kier molecular flexibility index (Phi) is 5.27. The Balaban J connectivity index is 1.27. The lowest BCUT2D eigenvalue weighted by Gasteiger charge is -2.37. The van der Waals surface area contributed by atoms with Gasteiger partial charge in [-0.05, 0) is 36.8 Å². The highest BCUT2D eigenvalue weighted by Crippen LogP contribution is 2.32. The fourth-order valence-corrected chi connectivity index (χ4v) is 3.54. The minimum Gasteiger partial charge on any atom is -0.454 e. The summed E-state index contributed by atoms with van der Waals surface area (Å²) in [6.07, 6.45) is 0. The average Bonchev–Trinajstić information content (AvgIpc) is 3.16. The highest BCUT2D eigenvalue weighted by atomic mass is 16.7. The molecule has 0 aliphatic carbocycles. The second-order valence-corrected chi connectivity index (χ2v) is 7.03. The van der Waals surface area contributed by atoms with Gasteiger partial charge in [0.15, 0.2) is 11.5 Å². The molecule has 1 N–H and O–H groups in total. The number of nitrogens with zero attached hydrogens (tertiary/aromatic N) is 2. The average molecular weight is 367 g/mol. The number of benzene rings is 2. The van der Waals surface area contributed by atoms with Crippen LogP contribution in [0.4, 0.5) is 5.69 Å². The fourth-order valence-electron chi connectivity index (χ4n) is 3.54. The van der Waals surface area contributed by atoms with E-state index in [9.17, 15) is 4.79 Å². The van der Waals surface area contributed by atoms with Crippen LogP contribution in [0.2, 0.25) is 0 Å². The van der Waals surface area contributed by atoms with Crippen molar-refractivity contribution in [2.24, 2.45) is 0 Å². The molecule has 2 aliphatic heterocycles. The second-order valence-electron chi connectivity index (χ2n) is 7.03. The van der Waals surface area contributed by atoms with E-state index in [0.717, 1.165) is 49.9 Å². The lowest BCUT2D eigenvalue weighted by Crippen LogP contribution is -2.52. The molecule has 6 nitrogen and oxygen atoms in total. The molecule has 0 spiro atoms. The molecule has 2 heterocycles. The van der Waals surface area contributed by atoms with E-state index in [1.807, 2.05) is 43.3 Å². The summed E-state index contributed by atoms with van der Waals surface area (Å²) in [5.41, 5.74) is 2.07. The molecular weight excluding hydrogens is 342 g/mol. The van der Waals surface area contributed by atoms with Gasteiger partial charge in [0.25, 0.3) is 0 Å². The Morgan fingerprint density at radius 1 is 1.04 bits per heavy atom. The summed E-state index contributed by atoms with van der Waals surface area (Å²) in [7, 11) is 0. The third kappa shape index (κ3) is 4.23. The van der Waals surface area contributed by atoms with Gasteiger partial charge in [-0.2, -0.15) is 0 Å². The number of ether oxygens (including phenoxy) is 2. The van der Waals surface area contributed by atoms with E-state index in [1.54, 1.807) is 0 Å². The maximum Gasteiger partial charge on any atom is 0.241 e. The molecular formula is C21H25N3O3. The summed E-state index contributed by atoms with van der Waals surface area (Å²) in [4.78, 5) is 17.2. The van der Waals surface area contributed by atoms with E-state index in [2.05, 4.69) is 27.2 Å². The van der Waals surface area contributed by atoms with Crippen LogP contribution in [0.3, 0.4) is 0 Å². The molecule has 1 fully saturated rings. The number of carbonyl (C=O) groups excluding carboxylic acids is 1. The van der Waals surface area contributed by atoms with E-state index in [0.29, 0.717) is 6.79 Å². The lowest BCUT2D eigenvalue weighted by atomic mass is 10.1. The maximum absolute atomic E-state index is 12.5. The Morgan fingerprint density at radius 2 is 1.78 bits per heavy atom. The smallest absolute Gasteiger partial charge is 0.241 e. The summed E-state index contributed by atoms with van der Waals surface area (Å²) in [5, 5.41) is 2.99. The third-order valence-electron chi connectivity index (χ3n) is 5.22. The number of hydrogen-bond donors (Lipinski definition) is 1. The molecule has 2 aromatic carbocycles. The second kappa shape index (κ2) is 7.98. The monoisotopic (exact) mass is 367 g/mol. The summed E-state index contributed by atoms with van der Waals surface area (Å²) < 4.78 is 10.8. The number of hydrogen-bond acceptors (Lipinski definition) is 5. The van der Waals surface area contributed by atoms with Gasteiger partial charge < -0.3 is 14.8 Å². The van der Waals surface area contributed by atoms with Crippen molar-refractivity contribution in [1.82, 2.24) is 9.80 Å². The van der Waals surface area contributed by atoms with Crippen molar-refractivity contribution in [3.63, 3.8) is 0 Å². The Bertz CT molecular complexity index is 789. The highest BCUT2D eigenvalue weighted by molar-refractivity contribution is 5.94. The topological polar surface area (TPSA) is 54.0 Å². The van der Waals surface area contributed by atoms with Gasteiger partial charge in [0.1, 0.15) is 0 Å². The standard InChI is InChI=1S/C21H25N3O3/c1-16(21(25)22-18-5-3-2-4-6-18)24-11-9-23(10-12-24)14-17-7-8-19-20(13-17)27-15-26-19/h2-8,13,16H,9-12,14-15H2,1H3,(H,22,25)/t16-/m0/s1. The zero-order chi connectivity index (χ0) is 18.6. The van der Waals surface area contributed by atoms with Crippen molar-refractivity contribution in [1.29, 1.82) is 0 Å². The molecule has 27 heavy (non-hydrogen) atoms. The molecule has 2 aromatic rings. The molecule has 1 amide bonds. The predicted molar refractivity (Wildman–Crippen MR) is 104 cm³/mol. The number of para-hydroxylation sites is 1. The van der Waals surface area contributed by atoms with Crippen LogP contribution in [-0.2, 0) is 11.3 Å². The summed E-state index contributed by atoms with van der Waals surface area (Å²) >= 11 is 0. The Morgan fingerprint density at radius 3 is 2.56 bits per heavy atom. The summed E-state index contributed by atoms with van der Waals surface area (Å²) in [6, 6.07) is 15.6. The van der Waals surface area contributed by atoms with Crippen LogP contribution in [0.1, 0.15) is 12.5 Å². The number of carbonyl (C=O) groups is 1. The minimum absolute atomic E-state index is 0.0467. The number of fused-ring (bicyclic) bond motifs is 1. The van der Waals surface area contributed by atoms with Gasteiger partial charge in [-0.15, -0.1) is 0 Å². The lowest BCUT2D eigenvalue weighted by molar-refractivity contribution is -0.121. The number of piperazine rings is 1. The third-order valence-corrected chi connectivity index (χ3v) is 5.22. The van der Waals surface area contributed by atoms with Crippen LogP contribution in [0.15, 0.2) is 48.5 Å². The van der Waals surface area contributed by atoms with Crippen LogP contribution >= 0.6 is 0 Å². The molecule has 6 heteroatoms. The van der Waals surface area contributed by atoms with Crippen molar-refractivity contribution in [2.75, 3.05) is 38.3 Å². The van der Waals surface area contributed by atoms with Gasteiger partial charge in [-0.1, -0.05) is 24.3 Å². The normalized spacial score (nSPS) is 18.3. The molecule has 0 radical (unpaired) electrons. The molecule has 1 saturated heterocycles. The molecule has 2 aliphatic rings. The first kappa shape index (κ1) is 17.8. The van der Waals surface area contributed by atoms with E-state index in [1.165, 1.54) is 5.56 Å². The van der Waals surface area contributed by atoms with Crippen molar-refractivity contribution < 1.29 is 14.3 Å². The van der Waals surface area contributed by atoms with Gasteiger partial charge >= 0.3 is 0 Å². The zero-order valence-corrected chi connectivity index (χ0v) is 15.6. The first-order chi connectivity index (χ1) is 13.2. The number of nitrogens with one attached hydrogen (secondary N) is 1. The van der Waals surface area contributed by atoms with Crippen molar-refractivity contribution in [3.05, 3.63) is 54.1 Å². The first-order valence-electron chi connectivity index (χ1n) is 9.40. The van der Waals surface area contributed by atoms with Crippen molar-refractivity contribution in [2.45, 2.75) is 19.5 Å². The van der Waals surface area contributed by atoms with Crippen LogP contribution in [-0.4, -0.2) is 54.7 Å². The molecule has 4 rings (SSSR count). The van der Waals surface area contributed by atoms with Gasteiger partial charge in [0.05, 0.1) is 6.04 Å². The SMILES string of the molecule is C[C@@H](C(=O)Nc1ccccc1)N1CCN(Cc2ccc3c(c2)OCO3)CC1. The quantitative estimate of drug-likeness (QED) is 0.880. The molecule has 142 valence electrons. The van der Waals surface area contributed by atoms with E-state index in [4.69, 9.17) is 9.47 Å². The highest BCUT2D eigenvalue weighted by Gasteiger charge is 2.26. The summed E-state index contributed by atoms with van der Waals surface area (Å²) in [6.45, 7) is 6.82. The number of anilines is 1. The Labute approximate surface area is 159 Å². The first-order valence-corrected chi connectivity index (χ1v) is 9.40. The van der Waals surface area contributed by atoms with Gasteiger partial charge in [0, 0.05) is 38.4 Å². The van der Waals surface area contributed by atoms with Crippen molar-refractivity contribution in [3.8, 4) is 11.5 Å². The minimum atomic E-state index is -0.141. The molecule has 0 aromatic heterocycles. The van der Waals surface area contributed by atoms with Crippen LogP contribution in [0.25, 0.3) is 0 Å². The largest absolute Gasteiger partial charge is 0.454 e. The van der Waals surface area contributed by atoms with E-state index < -0.39 is 0 Å².